The summed E-state index contributed by atoms with van der Waals surface area (Å²) in [6, 6.07) is 16.2. The monoisotopic (exact) mass is 458 g/mol. The number of carbonyl (C=O) groups excluding carboxylic acids is 2. The summed E-state index contributed by atoms with van der Waals surface area (Å²) in [5.74, 6) is -0.969. The standard InChI is InChI=1S/C23H26N2O6S/c26-11-10-25(13-22(28)29)21(27)15-32-12-9-24-23(30)31-14-20-18-7-3-1-5-16(18)17-6-2-4-8-19(17)20/h1-8,20,26H,9-15H2,(H,24,30)(H,28,29). The van der Waals surface area contributed by atoms with Crippen LogP contribution in [-0.2, 0) is 14.3 Å². The van der Waals surface area contributed by atoms with Crippen LogP contribution in [0.3, 0.4) is 0 Å². The summed E-state index contributed by atoms with van der Waals surface area (Å²) >= 11 is 1.27. The van der Waals surface area contributed by atoms with Crippen molar-refractivity contribution in [3.05, 3.63) is 59.7 Å². The maximum absolute atomic E-state index is 12.1. The first-order valence-corrected chi connectivity index (χ1v) is 11.4. The van der Waals surface area contributed by atoms with Gasteiger partial charge in [-0.2, -0.15) is 11.8 Å². The highest BCUT2D eigenvalue weighted by Gasteiger charge is 2.28. The van der Waals surface area contributed by atoms with Crippen LogP contribution in [0.5, 0.6) is 0 Å². The number of alkyl carbamates (subject to hydrolysis) is 1. The normalized spacial score (nSPS) is 12.0. The number of nitrogens with zero attached hydrogens (tertiary/aromatic N) is 1. The number of rotatable bonds is 11. The van der Waals surface area contributed by atoms with Gasteiger partial charge in [0, 0.05) is 24.8 Å². The van der Waals surface area contributed by atoms with Gasteiger partial charge >= 0.3 is 12.1 Å². The summed E-state index contributed by atoms with van der Waals surface area (Å²) in [7, 11) is 0. The van der Waals surface area contributed by atoms with Crippen molar-refractivity contribution < 1.29 is 29.3 Å². The minimum Gasteiger partial charge on any atom is -0.480 e. The molecule has 3 rings (SSSR count). The fraction of sp³-hybridized carbons (Fsp3) is 0.348. The van der Waals surface area contributed by atoms with Gasteiger partial charge in [0.15, 0.2) is 0 Å². The molecule has 1 aliphatic carbocycles. The maximum Gasteiger partial charge on any atom is 0.407 e. The highest BCUT2D eigenvalue weighted by Crippen LogP contribution is 2.44. The van der Waals surface area contributed by atoms with Crippen LogP contribution >= 0.6 is 11.8 Å². The molecule has 0 spiro atoms. The fourth-order valence-corrected chi connectivity index (χ4v) is 4.45. The van der Waals surface area contributed by atoms with E-state index >= 15 is 0 Å². The predicted molar refractivity (Wildman–Crippen MR) is 122 cm³/mol. The molecule has 2 aromatic rings. The Kier molecular flexibility index (Phi) is 8.52. The van der Waals surface area contributed by atoms with Crippen molar-refractivity contribution in [2.75, 3.05) is 44.4 Å². The zero-order chi connectivity index (χ0) is 22.9. The van der Waals surface area contributed by atoms with Crippen molar-refractivity contribution in [2.45, 2.75) is 5.92 Å². The number of carboxylic acids is 1. The van der Waals surface area contributed by atoms with E-state index in [1.807, 2.05) is 24.3 Å². The van der Waals surface area contributed by atoms with Crippen LogP contribution in [-0.4, -0.2) is 77.4 Å². The average molecular weight is 459 g/mol. The molecular formula is C23H26N2O6S. The Bertz CT molecular complexity index is 922. The summed E-state index contributed by atoms with van der Waals surface area (Å²) in [4.78, 5) is 36.0. The number of carboxylic acid groups (broad SMARTS) is 1. The molecule has 9 heteroatoms. The van der Waals surface area contributed by atoms with Crippen LogP contribution < -0.4 is 5.32 Å². The molecular weight excluding hydrogens is 432 g/mol. The molecule has 0 heterocycles. The number of nitrogens with one attached hydrogen (secondary N) is 1. The van der Waals surface area contributed by atoms with E-state index in [0.29, 0.717) is 12.3 Å². The first-order valence-electron chi connectivity index (χ1n) is 10.3. The second-order valence-electron chi connectivity index (χ2n) is 7.24. The van der Waals surface area contributed by atoms with Crippen LogP contribution in [0.2, 0.25) is 0 Å². The van der Waals surface area contributed by atoms with Gasteiger partial charge in [-0.15, -0.1) is 0 Å². The van der Waals surface area contributed by atoms with E-state index in [1.165, 1.54) is 11.8 Å². The molecule has 1 aliphatic rings. The second-order valence-corrected chi connectivity index (χ2v) is 8.34. The van der Waals surface area contributed by atoms with Crippen LogP contribution in [0.1, 0.15) is 17.0 Å². The Morgan fingerprint density at radius 3 is 2.25 bits per heavy atom. The zero-order valence-corrected chi connectivity index (χ0v) is 18.3. The van der Waals surface area contributed by atoms with E-state index in [2.05, 4.69) is 29.6 Å². The number of thioether (sulfide) groups is 1. The summed E-state index contributed by atoms with van der Waals surface area (Å²) in [6.45, 7) is -0.223. The molecule has 32 heavy (non-hydrogen) atoms. The molecule has 0 radical (unpaired) electrons. The van der Waals surface area contributed by atoms with Crippen LogP contribution in [0.15, 0.2) is 48.5 Å². The third-order valence-corrected chi connectivity index (χ3v) is 6.08. The third kappa shape index (κ3) is 6.02. The van der Waals surface area contributed by atoms with Gasteiger partial charge in [0.1, 0.15) is 13.2 Å². The minimum atomic E-state index is -1.13. The number of aliphatic carboxylic acids is 1. The van der Waals surface area contributed by atoms with E-state index in [-0.39, 0.29) is 37.3 Å². The average Bonchev–Trinajstić information content (AvgIpc) is 3.10. The van der Waals surface area contributed by atoms with Crippen molar-refractivity contribution in [3.8, 4) is 11.1 Å². The smallest absolute Gasteiger partial charge is 0.407 e. The van der Waals surface area contributed by atoms with Crippen LogP contribution in [0, 0.1) is 0 Å². The number of benzene rings is 2. The second kappa shape index (κ2) is 11.5. The molecule has 0 unspecified atom stereocenters. The molecule has 0 saturated carbocycles. The summed E-state index contributed by atoms with van der Waals surface area (Å²) in [6.07, 6.45) is -0.522. The Morgan fingerprint density at radius 1 is 1.03 bits per heavy atom. The fourth-order valence-electron chi connectivity index (χ4n) is 3.70. The molecule has 2 aromatic carbocycles. The SMILES string of the molecule is O=C(O)CN(CCO)C(=O)CSCCNC(=O)OCC1c2ccccc2-c2ccccc21. The molecule has 170 valence electrons. The summed E-state index contributed by atoms with van der Waals surface area (Å²) in [5.41, 5.74) is 4.61. The van der Waals surface area contributed by atoms with Gasteiger partial charge in [-0.1, -0.05) is 48.5 Å². The molecule has 8 nitrogen and oxygen atoms in total. The molecule has 0 fully saturated rings. The minimum absolute atomic E-state index is 0.00751. The van der Waals surface area contributed by atoms with Gasteiger partial charge in [-0.25, -0.2) is 4.79 Å². The number of amides is 2. The van der Waals surface area contributed by atoms with Gasteiger partial charge in [-0.3, -0.25) is 9.59 Å². The molecule has 0 bridgehead atoms. The van der Waals surface area contributed by atoms with Crippen molar-refractivity contribution in [2.24, 2.45) is 0 Å². The Morgan fingerprint density at radius 2 is 1.66 bits per heavy atom. The molecule has 0 aliphatic heterocycles. The summed E-state index contributed by atoms with van der Waals surface area (Å²) in [5, 5.41) is 20.4. The van der Waals surface area contributed by atoms with E-state index in [0.717, 1.165) is 27.2 Å². The largest absolute Gasteiger partial charge is 0.480 e. The topological polar surface area (TPSA) is 116 Å². The van der Waals surface area contributed by atoms with Gasteiger partial charge in [0.2, 0.25) is 5.91 Å². The highest BCUT2D eigenvalue weighted by molar-refractivity contribution is 7.99. The number of aliphatic hydroxyl groups excluding tert-OH is 1. The lowest BCUT2D eigenvalue weighted by atomic mass is 9.98. The number of aliphatic hydroxyl groups is 1. The highest BCUT2D eigenvalue weighted by atomic mass is 32.2. The van der Waals surface area contributed by atoms with Gasteiger partial charge in [0.05, 0.1) is 12.4 Å². The summed E-state index contributed by atoms with van der Waals surface area (Å²) < 4.78 is 5.45. The zero-order valence-electron chi connectivity index (χ0n) is 17.5. The van der Waals surface area contributed by atoms with E-state index in [1.54, 1.807) is 0 Å². The first-order chi connectivity index (χ1) is 15.5. The Hall–Kier alpha value is -3.04. The molecule has 2 amide bonds. The van der Waals surface area contributed by atoms with Crippen molar-refractivity contribution in [1.29, 1.82) is 0 Å². The third-order valence-electron chi connectivity index (χ3n) is 5.13. The first kappa shape index (κ1) is 23.6. The Balaban J connectivity index is 1.40. The van der Waals surface area contributed by atoms with Gasteiger partial charge < -0.3 is 25.2 Å². The molecule has 0 aromatic heterocycles. The number of hydrogen-bond donors (Lipinski definition) is 3. The Labute approximate surface area is 190 Å². The van der Waals surface area contributed by atoms with Crippen molar-refractivity contribution in [1.82, 2.24) is 10.2 Å². The molecule has 3 N–H and O–H groups in total. The van der Waals surface area contributed by atoms with E-state index in [4.69, 9.17) is 14.9 Å². The van der Waals surface area contributed by atoms with Crippen molar-refractivity contribution >= 4 is 29.7 Å². The maximum atomic E-state index is 12.1. The number of fused-ring (bicyclic) bond motifs is 3. The van der Waals surface area contributed by atoms with E-state index in [9.17, 15) is 14.4 Å². The van der Waals surface area contributed by atoms with Crippen LogP contribution in [0.25, 0.3) is 11.1 Å². The van der Waals surface area contributed by atoms with Gasteiger partial charge in [0.25, 0.3) is 0 Å². The lowest BCUT2D eigenvalue weighted by molar-refractivity contribution is -0.143. The number of carbonyl (C=O) groups is 3. The number of ether oxygens (including phenoxy) is 1. The number of hydrogen-bond acceptors (Lipinski definition) is 6. The van der Waals surface area contributed by atoms with Gasteiger partial charge in [-0.05, 0) is 22.3 Å². The van der Waals surface area contributed by atoms with E-state index < -0.39 is 18.6 Å². The predicted octanol–water partition coefficient (Wildman–Crippen LogP) is 2.16. The quantitative estimate of drug-likeness (QED) is 0.442. The van der Waals surface area contributed by atoms with Crippen LogP contribution in [0.4, 0.5) is 4.79 Å². The molecule has 0 saturated heterocycles. The lowest BCUT2D eigenvalue weighted by Crippen LogP contribution is -2.39. The molecule has 0 atom stereocenters. The van der Waals surface area contributed by atoms with Crippen molar-refractivity contribution in [3.63, 3.8) is 0 Å². The lowest BCUT2D eigenvalue weighted by Gasteiger charge is -2.19.